The minimum atomic E-state index is -0.532. The van der Waals surface area contributed by atoms with E-state index in [0.717, 1.165) is 71.0 Å². The van der Waals surface area contributed by atoms with E-state index in [1.54, 1.807) is 14.0 Å². The van der Waals surface area contributed by atoms with E-state index in [2.05, 4.69) is 21.6 Å². The molecule has 0 unspecified atom stereocenters. The summed E-state index contributed by atoms with van der Waals surface area (Å²) in [5.74, 6) is 1.49. The fraction of sp³-hybridized carbons (Fsp3) is 0.696. The van der Waals surface area contributed by atoms with Crippen LogP contribution in [0.1, 0.15) is 19.4 Å². The molecule has 31 heavy (non-hydrogen) atoms. The van der Waals surface area contributed by atoms with Crippen molar-refractivity contribution in [1.29, 1.82) is 0 Å². The summed E-state index contributed by atoms with van der Waals surface area (Å²) in [5, 5.41) is 10.4. The Balaban J connectivity index is 1.46. The summed E-state index contributed by atoms with van der Waals surface area (Å²) < 4.78 is 11.4. The highest BCUT2D eigenvalue weighted by molar-refractivity contribution is 5.73. The quantitative estimate of drug-likeness (QED) is 0.615. The Morgan fingerprint density at radius 1 is 1.00 bits per heavy atom. The molecule has 3 rings (SSSR count). The third-order valence-electron chi connectivity index (χ3n) is 6.26. The lowest BCUT2D eigenvalue weighted by Crippen LogP contribution is -2.49. The van der Waals surface area contributed by atoms with Crippen molar-refractivity contribution in [3.8, 4) is 11.5 Å². The van der Waals surface area contributed by atoms with Crippen molar-refractivity contribution in [3.05, 3.63) is 23.8 Å². The van der Waals surface area contributed by atoms with E-state index in [9.17, 15) is 9.90 Å². The molecule has 0 saturated carbocycles. The fourth-order valence-corrected chi connectivity index (χ4v) is 4.23. The molecular formula is C23H38N4O4. The standard InChI is InChI=1S/C23H38N4O4/c1-4-24-7-9-26(10-8-24)17-21(29)18-31-22-6-5-20(15-23(22)30-3)16-25-11-13-27(14-12-25)19(2)28/h5-6,15,21,29H,4,7-14,16-18H2,1-3H3/t21-/m1/s1. The van der Waals surface area contributed by atoms with Crippen molar-refractivity contribution in [1.82, 2.24) is 19.6 Å². The number of hydrogen-bond donors (Lipinski definition) is 1. The number of piperazine rings is 2. The Hall–Kier alpha value is -1.87. The number of aliphatic hydroxyl groups is 1. The Labute approximate surface area is 186 Å². The van der Waals surface area contributed by atoms with Gasteiger partial charge in [-0.2, -0.15) is 0 Å². The molecule has 0 bridgehead atoms. The van der Waals surface area contributed by atoms with Gasteiger partial charge in [0.05, 0.1) is 7.11 Å². The van der Waals surface area contributed by atoms with Gasteiger partial charge in [0, 0.05) is 72.4 Å². The van der Waals surface area contributed by atoms with Crippen LogP contribution in [0.5, 0.6) is 11.5 Å². The number of carbonyl (C=O) groups is 1. The summed E-state index contributed by atoms with van der Waals surface area (Å²) in [6.45, 7) is 14.0. The Bertz CT molecular complexity index is 701. The molecule has 1 aromatic rings. The zero-order valence-corrected chi connectivity index (χ0v) is 19.3. The van der Waals surface area contributed by atoms with Crippen LogP contribution in [0.15, 0.2) is 18.2 Å². The largest absolute Gasteiger partial charge is 0.493 e. The summed E-state index contributed by atoms with van der Waals surface area (Å²) >= 11 is 0. The van der Waals surface area contributed by atoms with Crippen molar-refractivity contribution < 1.29 is 19.4 Å². The lowest BCUT2D eigenvalue weighted by atomic mass is 10.1. The fourth-order valence-electron chi connectivity index (χ4n) is 4.23. The molecule has 2 saturated heterocycles. The third kappa shape index (κ3) is 7.07. The number of ether oxygens (including phenoxy) is 2. The van der Waals surface area contributed by atoms with Crippen molar-refractivity contribution >= 4 is 5.91 Å². The average Bonchev–Trinajstić information content (AvgIpc) is 2.79. The first-order chi connectivity index (χ1) is 15.0. The number of rotatable bonds is 9. The molecule has 8 nitrogen and oxygen atoms in total. The Kier molecular flexibility index (Phi) is 8.95. The highest BCUT2D eigenvalue weighted by Crippen LogP contribution is 2.29. The van der Waals surface area contributed by atoms with E-state index in [1.807, 2.05) is 23.1 Å². The van der Waals surface area contributed by atoms with Crippen LogP contribution in [-0.2, 0) is 11.3 Å². The molecule has 0 radical (unpaired) electrons. The number of benzene rings is 1. The van der Waals surface area contributed by atoms with E-state index in [1.165, 1.54) is 0 Å². The molecular weight excluding hydrogens is 396 g/mol. The first-order valence-electron chi connectivity index (χ1n) is 11.4. The number of methoxy groups -OCH3 is 1. The molecule has 0 aromatic heterocycles. The molecule has 2 heterocycles. The van der Waals surface area contributed by atoms with Crippen LogP contribution in [0.2, 0.25) is 0 Å². The maximum atomic E-state index is 11.5. The van der Waals surface area contributed by atoms with E-state index in [-0.39, 0.29) is 12.5 Å². The molecule has 174 valence electrons. The van der Waals surface area contributed by atoms with Gasteiger partial charge in [-0.25, -0.2) is 0 Å². The molecule has 1 atom stereocenters. The van der Waals surface area contributed by atoms with Crippen LogP contribution < -0.4 is 9.47 Å². The summed E-state index contributed by atoms with van der Waals surface area (Å²) in [6.07, 6.45) is -0.532. The number of carbonyl (C=O) groups excluding carboxylic acids is 1. The number of hydrogen-bond acceptors (Lipinski definition) is 7. The van der Waals surface area contributed by atoms with Gasteiger partial charge in [0.2, 0.25) is 5.91 Å². The van der Waals surface area contributed by atoms with Crippen LogP contribution in [0.3, 0.4) is 0 Å². The molecule has 1 amide bonds. The summed E-state index contributed by atoms with van der Waals surface area (Å²) in [7, 11) is 1.64. The smallest absolute Gasteiger partial charge is 0.219 e. The van der Waals surface area contributed by atoms with Gasteiger partial charge in [0.25, 0.3) is 0 Å². The second kappa shape index (κ2) is 11.7. The third-order valence-corrected chi connectivity index (χ3v) is 6.26. The zero-order valence-electron chi connectivity index (χ0n) is 19.3. The van der Waals surface area contributed by atoms with Gasteiger partial charge in [-0.15, -0.1) is 0 Å². The predicted octanol–water partition coefficient (Wildman–Crippen LogP) is 0.737. The van der Waals surface area contributed by atoms with Crippen molar-refractivity contribution in [2.75, 3.05) is 79.2 Å². The van der Waals surface area contributed by atoms with E-state index in [4.69, 9.17) is 9.47 Å². The van der Waals surface area contributed by atoms with Gasteiger partial charge in [-0.05, 0) is 24.2 Å². The highest BCUT2D eigenvalue weighted by Gasteiger charge is 2.20. The van der Waals surface area contributed by atoms with E-state index < -0.39 is 6.10 Å². The molecule has 2 fully saturated rings. The first-order valence-corrected chi connectivity index (χ1v) is 11.4. The maximum Gasteiger partial charge on any atom is 0.219 e. The normalized spacial score (nSPS) is 19.9. The number of amides is 1. The van der Waals surface area contributed by atoms with Gasteiger partial charge in [0.15, 0.2) is 11.5 Å². The van der Waals surface area contributed by atoms with Crippen LogP contribution >= 0.6 is 0 Å². The molecule has 2 aliphatic rings. The van der Waals surface area contributed by atoms with Crippen LogP contribution in [0.25, 0.3) is 0 Å². The van der Waals surface area contributed by atoms with E-state index >= 15 is 0 Å². The van der Waals surface area contributed by atoms with Gasteiger partial charge in [-0.3, -0.25) is 14.6 Å². The second-order valence-corrected chi connectivity index (χ2v) is 8.47. The molecule has 8 heteroatoms. The average molecular weight is 435 g/mol. The first kappa shape index (κ1) is 23.8. The van der Waals surface area contributed by atoms with Crippen LogP contribution in [0.4, 0.5) is 0 Å². The highest BCUT2D eigenvalue weighted by atomic mass is 16.5. The second-order valence-electron chi connectivity index (χ2n) is 8.47. The lowest BCUT2D eigenvalue weighted by Gasteiger charge is -2.35. The molecule has 1 N–H and O–H groups in total. The molecule has 2 aliphatic heterocycles. The van der Waals surface area contributed by atoms with Gasteiger partial charge < -0.3 is 24.4 Å². The van der Waals surface area contributed by atoms with Crippen molar-refractivity contribution in [2.24, 2.45) is 0 Å². The van der Waals surface area contributed by atoms with Crippen LogP contribution in [-0.4, -0.2) is 116 Å². The number of likely N-dealkylation sites (N-methyl/N-ethyl adjacent to an activating group) is 1. The van der Waals surface area contributed by atoms with Gasteiger partial charge >= 0.3 is 0 Å². The summed E-state index contributed by atoms with van der Waals surface area (Å²) in [5.41, 5.74) is 1.15. The van der Waals surface area contributed by atoms with Crippen LogP contribution in [0, 0.1) is 0 Å². The van der Waals surface area contributed by atoms with Crippen molar-refractivity contribution in [3.63, 3.8) is 0 Å². The topological polar surface area (TPSA) is 68.7 Å². The zero-order chi connectivity index (χ0) is 22.2. The molecule has 1 aromatic carbocycles. The Morgan fingerprint density at radius 2 is 1.65 bits per heavy atom. The lowest BCUT2D eigenvalue weighted by molar-refractivity contribution is -0.130. The number of β-amino-alcohol motifs (C(OH)–C–C–N with tert-alkyl or cyclic N) is 1. The predicted molar refractivity (Wildman–Crippen MR) is 121 cm³/mol. The SMILES string of the molecule is CCN1CCN(C[C@@H](O)COc2ccc(CN3CCN(C(C)=O)CC3)cc2OC)CC1. The summed E-state index contributed by atoms with van der Waals surface area (Å²) in [4.78, 5) is 20.4. The summed E-state index contributed by atoms with van der Waals surface area (Å²) in [6, 6.07) is 5.97. The van der Waals surface area contributed by atoms with Gasteiger partial charge in [0.1, 0.15) is 12.7 Å². The van der Waals surface area contributed by atoms with E-state index in [0.29, 0.717) is 18.0 Å². The molecule has 0 aliphatic carbocycles. The minimum Gasteiger partial charge on any atom is -0.493 e. The number of aliphatic hydroxyl groups excluding tert-OH is 1. The number of nitrogens with zero attached hydrogens (tertiary/aromatic N) is 4. The Morgan fingerprint density at radius 3 is 2.26 bits per heavy atom. The van der Waals surface area contributed by atoms with Crippen molar-refractivity contribution in [2.45, 2.75) is 26.5 Å². The molecule has 0 spiro atoms. The van der Waals surface area contributed by atoms with Gasteiger partial charge in [-0.1, -0.05) is 13.0 Å². The minimum absolute atomic E-state index is 0.147. The maximum absolute atomic E-state index is 11.5. The monoisotopic (exact) mass is 434 g/mol.